The molecule has 1 rings (SSSR count). The fraction of sp³-hybridized carbons (Fsp3) is 0.538. The summed E-state index contributed by atoms with van der Waals surface area (Å²) in [5.74, 6) is -0.101. The van der Waals surface area contributed by atoms with Crippen molar-refractivity contribution in [3.8, 4) is 0 Å². The first-order valence-corrected chi connectivity index (χ1v) is 6.12. The number of hydrogen-bond acceptors (Lipinski definition) is 3. The fourth-order valence-corrected chi connectivity index (χ4v) is 1.56. The molecule has 1 heterocycles. The van der Waals surface area contributed by atoms with Crippen molar-refractivity contribution in [1.29, 1.82) is 0 Å². The third-order valence-corrected chi connectivity index (χ3v) is 2.65. The zero-order chi connectivity index (χ0) is 12.7. The van der Waals surface area contributed by atoms with Gasteiger partial charge in [-0.1, -0.05) is 19.8 Å². The van der Waals surface area contributed by atoms with Crippen LogP contribution in [0, 0.1) is 0 Å². The van der Waals surface area contributed by atoms with Gasteiger partial charge in [0.1, 0.15) is 5.69 Å². The molecule has 4 nitrogen and oxygen atoms in total. The van der Waals surface area contributed by atoms with E-state index < -0.39 is 0 Å². The van der Waals surface area contributed by atoms with E-state index in [0.29, 0.717) is 5.69 Å². The molecule has 0 aromatic carbocycles. The zero-order valence-corrected chi connectivity index (χ0v) is 10.8. The molecule has 0 saturated heterocycles. The van der Waals surface area contributed by atoms with E-state index in [1.807, 2.05) is 20.0 Å². The van der Waals surface area contributed by atoms with Gasteiger partial charge in [-0.15, -0.1) is 0 Å². The van der Waals surface area contributed by atoms with E-state index in [1.165, 1.54) is 0 Å². The predicted octanol–water partition coefficient (Wildman–Crippen LogP) is 2.43. The Bertz CT molecular complexity index is 348. The summed E-state index contributed by atoms with van der Waals surface area (Å²) in [6.45, 7) is 4.17. The second-order valence-electron chi connectivity index (χ2n) is 4.20. The minimum Gasteiger partial charge on any atom is -0.387 e. The van der Waals surface area contributed by atoms with Gasteiger partial charge in [-0.2, -0.15) is 0 Å². The van der Waals surface area contributed by atoms with Gasteiger partial charge in [0.15, 0.2) is 0 Å². The molecule has 1 unspecified atom stereocenters. The number of nitrogens with zero attached hydrogens (tertiary/aromatic N) is 1. The van der Waals surface area contributed by atoms with Gasteiger partial charge in [-0.05, 0) is 25.5 Å². The van der Waals surface area contributed by atoms with Crippen LogP contribution in [0.3, 0.4) is 0 Å². The molecule has 2 N–H and O–H groups in total. The number of carbonyl (C=O) groups is 1. The van der Waals surface area contributed by atoms with Crippen LogP contribution in [0.15, 0.2) is 18.3 Å². The maximum atomic E-state index is 11.8. The number of anilines is 1. The van der Waals surface area contributed by atoms with Gasteiger partial charge in [0, 0.05) is 13.1 Å². The molecule has 1 aromatic heterocycles. The van der Waals surface area contributed by atoms with Crippen molar-refractivity contribution in [2.24, 2.45) is 0 Å². The summed E-state index contributed by atoms with van der Waals surface area (Å²) < 4.78 is 0. The summed E-state index contributed by atoms with van der Waals surface area (Å²) in [5, 5.41) is 5.91. The lowest BCUT2D eigenvalue weighted by molar-refractivity contribution is 0.0933. The third-order valence-electron chi connectivity index (χ3n) is 2.65. The van der Waals surface area contributed by atoms with Gasteiger partial charge in [0.05, 0.1) is 11.9 Å². The van der Waals surface area contributed by atoms with Gasteiger partial charge in [0.2, 0.25) is 0 Å². The standard InChI is InChI=1S/C13H21N3O/c1-4-5-6-10(2)16-13(17)12-8-7-11(14-3)9-15-12/h7-10,14H,4-6H2,1-3H3,(H,16,17). The van der Waals surface area contributed by atoms with E-state index in [0.717, 1.165) is 24.9 Å². The van der Waals surface area contributed by atoms with Crippen LogP contribution in [-0.4, -0.2) is 24.0 Å². The van der Waals surface area contributed by atoms with Crippen LogP contribution in [0.1, 0.15) is 43.6 Å². The smallest absolute Gasteiger partial charge is 0.270 e. The van der Waals surface area contributed by atoms with E-state index in [9.17, 15) is 4.79 Å². The minimum absolute atomic E-state index is 0.101. The van der Waals surface area contributed by atoms with Crippen LogP contribution in [-0.2, 0) is 0 Å². The molecule has 0 bridgehead atoms. The number of unbranched alkanes of at least 4 members (excludes halogenated alkanes) is 1. The van der Waals surface area contributed by atoms with Crippen LogP contribution < -0.4 is 10.6 Å². The summed E-state index contributed by atoms with van der Waals surface area (Å²) in [6, 6.07) is 3.78. The number of carbonyl (C=O) groups excluding carboxylic acids is 1. The number of hydrogen-bond donors (Lipinski definition) is 2. The molecule has 94 valence electrons. The van der Waals surface area contributed by atoms with Crippen LogP contribution in [0.4, 0.5) is 5.69 Å². The van der Waals surface area contributed by atoms with Crippen LogP contribution in [0.2, 0.25) is 0 Å². The molecule has 0 radical (unpaired) electrons. The molecule has 0 aliphatic carbocycles. The van der Waals surface area contributed by atoms with Gasteiger partial charge in [0.25, 0.3) is 5.91 Å². The Morgan fingerprint density at radius 2 is 2.24 bits per heavy atom. The fourth-order valence-electron chi connectivity index (χ4n) is 1.56. The summed E-state index contributed by atoms with van der Waals surface area (Å²) in [7, 11) is 1.82. The average molecular weight is 235 g/mol. The van der Waals surface area contributed by atoms with Crippen LogP contribution in [0.5, 0.6) is 0 Å². The minimum atomic E-state index is -0.101. The lowest BCUT2D eigenvalue weighted by Crippen LogP contribution is -2.32. The lowest BCUT2D eigenvalue weighted by Gasteiger charge is -2.12. The highest BCUT2D eigenvalue weighted by Crippen LogP contribution is 2.06. The van der Waals surface area contributed by atoms with Crippen molar-refractivity contribution in [2.75, 3.05) is 12.4 Å². The van der Waals surface area contributed by atoms with Gasteiger partial charge in [-0.25, -0.2) is 4.98 Å². The highest BCUT2D eigenvalue weighted by Gasteiger charge is 2.10. The number of rotatable bonds is 6. The molecule has 0 saturated carbocycles. The van der Waals surface area contributed by atoms with Crippen molar-refractivity contribution in [3.63, 3.8) is 0 Å². The van der Waals surface area contributed by atoms with Gasteiger partial charge >= 0.3 is 0 Å². The predicted molar refractivity (Wildman–Crippen MR) is 70.2 cm³/mol. The number of aromatic nitrogens is 1. The maximum Gasteiger partial charge on any atom is 0.270 e. The maximum absolute atomic E-state index is 11.8. The molecule has 0 aliphatic rings. The first kappa shape index (κ1) is 13.5. The van der Waals surface area contributed by atoms with Crippen molar-refractivity contribution < 1.29 is 4.79 Å². The van der Waals surface area contributed by atoms with Crippen LogP contribution in [0.25, 0.3) is 0 Å². The van der Waals surface area contributed by atoms with Crippen LogP contribution >= 0.6 is 0 Å². The number of pyridine rings is 1. The Morgan fingerprint density at radius 3 is 2.76 bits per heavy atom. The summed E-state index contributed by atoms with van der Waals surface area (Å²) in [5.41, 5.74) is 1.37. The van der Waals surface area contributed by atoms with E-state index in [1.54, 1.807) is 12.3 Å². The molecule has 0 fully saturated rings. The second kappa shape index (κ2) is 6.89. The Labute approximate surface area is 103 Å². The lowest BCUT2D eigenvalue weighted by atomic mass is 10.1. The summed E-state index contributed by atoms with van der Waals surface area (Å²) in [6.07, 6.45) is 4.95. The van der Waals surface area contributed by atoms with Crippen molar-refractivity contribution in [3.05, 3.63) is 24.0 Å². The van der Waals surface area contributed by atoms with Gasteiger partial charge < -0.3 is 10.6 Å². The SMILES string of the molecule is CCCCC(C)NC(=O)c1ccc(NC)cn1. The normalized spacial score (nSPS) is 11.9. The molecule has 1 amide bonds. The Morgan fingerprint density at radius 1 is 1.47 bits per heavy atom. The molecular formula is C13H21N3O. The molecule has 1 aromatic rings. The van der Waals surface area contributed by atoms with Crippen molar-refractivity contribution in [1.82, 2.24) is 10.3 Å². The zero-order valence-electron chi connectivity index (χ0n) is 10.8. The molecule has 0 spiro atoms. The molecule has 1 atom stereocenters. The second-order valence-corrected chi connectivity index (χ2v) is 4.20. The molecule has 17 heavy (non-hydrogen) atoms. The first-order chi connectivity index (χ1) is 8.17. The Kier molecular flexibility index (Phi) is 5.46. The Balaban J connectivity index is 2.51. The highest BCUT2D eigenvalue weighted by atomic mass is 16.1. The van der Waals surface area contributed by atoms with E-state index in [4.69, 9.17) is 0 Å². The summed E-state index contributed by atoms with van der Waals surface area (Å²) in [4.78, 5) is 15.9. The van der Waals surface area contributed by atoms with E-state index in [2.05, 4.69) is 22.5 Å². The quantitative estimate of drug-likeness (QED) is 0.796. The number of nitrogens with one attached hydrogen (secondary N) is 2. The van der Waals surface area contributed by atoms with Crippen molar-refractivity contribution >= 4 is 11.6 Å². The monoisotopic (exact) mass is 235 g/mol. The average Bonchev–Trinajstić information content (AvgIpc) is 2.36. The third kappa shape index (κ3) is 4.43. The summed E-state index contributed by atoms with van der Waals surface area (Å²) >= 11 is 0. The Hall–Kier alpha value is -1.58. The van der Waals surface area contributed by atoms with E-state index in [-0.39, 0.29) is 11.9 Å². The highest BCUT2D eigenvalue weighted by molar-refractivity contribution is 5.92. The topological polar surface area (TPSA) is 54.0 Å². The molecule has 0 aliphatic heterocycles. The number of amides is 1. The largest absolute Gasteiger partial charge is 0.387 e. The van der Waals surface area contributed by atoms with E-state index >= 15 is 0 Å². The molecule has 4 heteroatoms. The molecular weight excluding hydrogens is 214 g/mol. The van der Waals surface area contributed by atoms with Crippen molar-refractivity contribution in [2.45, 2.75) is 39.2 Å². The first-order valence-electron chi connectivity index (χ1n) is 6.12. The van der Waals surface area contributed by atoms with Gasteiger partial charge in [-0.3, -0.25) is 4.79 Å².